The molecular weight excluding hydrogens is 344 g/mol. The van der Waals surface area contributed by atoms with E-state index in [0.717, 1.165) is 11.3 Å². The minimum atomic E-state index is -0.223. The zero-order valence-electron chi connectivity index (χ0n) is 16.9. The summed E-state index contributed by atoms with van der Waals surface area (Å²) in [6.45, 7) is 11.8. The maximum atomic E-state index is 12.2. The van der Waals surface area contributed by atoms with Crippen LogP contribution < -0.4 is 15.4 Å². The van der Waals surface area contributed by atoms with Gasteiger partial charge in [0.1, 0.15) is 12.4 Å². The number of urea groups is 1. The number of piperazine rings is 1. The molecule has 1 aromatic rings. The standard InChI is InChI=1S/C20H32N4O3/c1-16-6-5-7-17(14-16)27-13-8-21-19(26)24-11-9-23(10-12-24)15-18(25)22-20(2,3)4/h5-7,14H,8-13,15H2,1-4H3,(H,21,26)(H,22,25). The Morgan fingerprint density at radius 2 is 1.85 bits per heavy atom. The van der Waals surface area contributed by atoms with Crippen molar-refractivity contribution in [3.8, 4) is 5.75 Å². The number of amides is 3. The molecule has 3 amide bonds. The van der Waals surface area contributed by atoms with Gasteiger partial charge in [-0.3, -0.25) is 9.69 Å². The molecule has 0 radical (unpaired) electrons. The van der Waals surface area contributed by atoms with Crippen LogP contribution in [0.4, 0.5) is 4.79 Å². The normalized spacial score (nSPS) is 15.3. The van der Waals surface area contributed by atoms with E-state index in [2.05, 4.69) is 15.5 Å². The van der Waals surface area contributed by atoms with Crippen molar-refractivity contribution >= 4 is 11.9 Å². The molecule has 0 spiro atoms. The van der Waals surface area contributed by atoms with Gasteiger partial charge in [0.15, 0.2) is 0 Å². The zero-order valence-corrected chi connectivity index (χ0v) is 16.9. The van der Waals surface area contributed by atoms with E-state index in [1.54, 1.807) is 4.90 Å². The third-order valence-electron chi connectivity index (χ3n) is 4.18. The van der Waals surface area contributed by atoms with E-state index in [0.29, 0.717) is 45.9 Å². The molecule has 2 rings (SSSR count). The zero-order chi connectivity index (χ0) is 19.9. The second kappa shape index (κ2) is 9.60. The number of benzene rings is 1. The summed E-state index contributed by atoms with van der Waals surface area (Å²) in [7, 11) is 0. The summed E-state index contributed by atoms with van der Waals surface area (Å²) in [5.74, 6) is 0.833. The second-order valence-electron chi connectivity index (χ2n) is 7.96. The van der Waals surface area contributed by atoms with E-state index in [1.807, 2.05) is 52.0 Å². The maximum Gasteiger partial charge on any atom is 0.317 e. The van der Waals surface area contributed by atoms with Crippen LogP contribution in [-0.4, -0.2) is 73.2 Å². The summed E-state index contributed by atoms with van der Waals surface area (Å²) >= 11 is 0. The monoisotopic (exact) mass is 376 g/mol. The van der Waals surface area contributed by atoms with Gasteiger partial charge in [-0.15, -0.1) is 0 Å². The molecule has 2 N–H and O–H groups in total. The minimum absolute atomic E-state index is 0.0219. The first-order valence-electron chi connectivity index (χ1n) is 9.48. The Bertz CT molecular complexity index is 634. The lowest BCUT2D eigenvalue weighted by Gasteiger charge is -2.34. The molecule has 0 unspecified atom stereocenters. The molecule has 0 aliphatic carbocycles. The van der Waals surface area contributed by atoms with Crippen LogP contribution in [0.1, 0.15) is 26.3 Å². The number of hydrogen-bond acceptors (Lipinski definition) is 4. The fraction of sp³-hybridized carbons (Fsp3) is 0.600. The van der Waals surface area contributed by atoms with Gasteiger partial charge in [-0.1, -0.05) is 12.1 Å². The van der Waals surface area contributed by atoms with Gasteiger partial charge in [0, 0.05) is 31.7 Å². The first-order valence-corrected chi connectivity index (χ1v) is 9.48. The van der Waals surface area contributed by atoms with E-state index in [9.17, 15) is 9.59 Å². The van der Waals surface area contributed by atoms with Gasteiger partial charge in [-0.05, 0) is 45.4 Å². The number of carbonyl (C=O) groups is 2. The predicted molar refractivity (Wildman–Crippen MR) is 106 cm³/mol. The van der Waals surface area contributed by atoms with Gasteiger partial charge in [-0.2, -0.15) is 0 Å². The summed E-state index contributed by atoms with van der Waals surface area (Å²) in [4.78, 5) is 28.1. The van der Waals surface area contributed by atoms with Crippen molar-refractivity contribution in [3.63, 3.8) is 0 Å². The molecule has 0 saturated carbocycles. The molecule has 27 heavy (non-hydrogen) atoms. The summed E-state index contributed by atoms with van der Waals surface area (Å²) in [6.07, 6.45) is 0. The summed E-state index contributed by atoms with van der Waals surface area (Å²) in [5, 5.41) is 5.85. The third kappa shape index (κ3) is 7.86. The van der Waals surface area contributed by atoms with Crippen LogP contribution in [0.3, 0.4) is 0 Å². The Hall–Kier alpha value is -2.28. The second-order valence-corrected chi connectivity index (χ2v) is 7.96. The third-order valence-corrected chi connectivity index (χ3v) is 4.18. The average Bonchev–Trinajstić information content (AvgIpc) is 2.57. The topological polar surface area (TPSA) is 73.9 Å². The molecule has 1 saturated heterocycles. The quantitative estimate of drug-likeness (QED) is 0.740. The highest BCUT2D eigenvalue weighted by molar-refractivity contribution is 5.79. The van der Waals surface area contributed by atoms with Crippen LogP contribution in [0.15, 0.2) is 24.3 Å². The minimum Gasteiger partial charge on any atom is -0.492 e. The Balaban J connectivity index is 1.62. The van der Waals surface area contributed by atoms with Crippen LogP contribution in [0.5, 0.6) is 5.75 Å². The SMILES string of the molecule is Cc1cccc(OCCNC(=O)N2CCN(CC(=O)NC(C)(C)C)CC2)c1. The van der Waals surface area contributed by atoms with Crippen LogP contribution in [0.25, 0.3) is 0 Å². The highest BCUT2D eigenvalue weighted by Gasteiger charge is 2.23. The largest absolute Gasteiger partial charge is 0.492 e. The number of nitrogens with one attached hydrogen (secondary N) is 2. The van der Waals surface area contributed by atoms with Crippen molar-refractivity contribution in [1.82, 2.24) is 20.4 Å². The van der Waals surface area contributed by atoms with Crippen LogP contribution in [-0.2, 0) is 4.79 Å². The van der Waals surface area contributed by atoms with E-state index in [-0.39, 0.29) is 17.5 Å². The number of ether oxygens (including phenoxy) is 1. The van der Waals surface area contributed by atoms with Crippen molar-refractivity contribution < 1.29 is 14.3 Å². The molecule has 7 heteroatoms. The van der Waals surface area contributed by atoms with Crippen molar-refractivity contribution in [1.29, 1.82) is 0 Å². The number of hydrogen-bond donors (Lipinski definition) is 2. The van der Waals surface area contributed by atoms with Gasteiger partial charge in [-0.25, -0.2) is 4.79 Å². The Labute approximate surface area is 162 Å². The van der Waals surface area contributed by atoms with E-state index in [1.165, 1.54) is 0 Å². The first-order chi connectivity index (χ1) is 12.7. The van der Waals surface area contributed by atoms with Crippen molar-refractivity contribution in [2.24, 2.45) is 0 Å². The summed E-state index contributed by atoms with van der Waals surface area (Å²) < 4.78 is 5.64. The summed E-state index contributed by atoms with van der Waals surface area (Å²) in [5.41, 5.74) is 0.921. The molecule has 1 fully saturated rings. The van der Waals surface area contributed by atoms with Crippen LogP contribution in [0, 0.1) is 6.92 Å². The lowest BCUT2D eigenvalue weighted by molar-refractivity contribution is -0.124. The Morgan fingerprint density at radius 1 is 1.15 bits per heavy atom. The lowest BCUT2D eigenvalue weighted by Crippen LogP contribution is -2.54. The average molecular weight is 377 g/mol. The predicted octanol–water partition coefficient (Wildman–Crippen LogP) is 1.62. The van der Waals surface area contributed by atoms with Crippen molar-refractivity contribution in [2.75, 3.05) is 45.9 Å². The van der Waals surface area contributed by atoms with Crippen LogP contribution >= 0.6 is 0 Å². The van der Waals surface area contributed by atoms with Gasteiger partial charge in [0.2, 0.25) is 5.91 Å². The molecule has 1 aliphatic rings. The van der Waals surface area contributed by atoms with Gasteiger partial charge >= 0.3 is 6.03 Å². The molecule has 150 valence electrons. The highest BCUT2D eigenvalue weighted by Crippen LogP contribution is 2.11. The van der Waals surface area contributed by atoms with Gasteiger partial charge in [0.05, 0.1) is 13.1 Å². The van der Waals surface area contributed by atoms with Crippen molar-refractivity contribution in [3.05, 3.63) is 29.8 Å². The fourth-order valence-corrected chi connectivity index (χ4v) is 2.91. The van der Waals surface area contributed by atoms with Crippen LogP contribution in [0.2, 0.25) is 0 Å². The molecule has 7 nitrogen and oxygen atoms in total. The molecule has 1 aliphatic heterocycles. The molecule has 0 aromatic heterocycles. The van der Waals surface area contributed by atoms with Gasteiger partial charge in [0.25, 0.3) is 0 Å². The fourth-order valence-electron chi connectivity index (χ4n) is 2.91. The summed E-state index contributed by atoms with van der Waals surface area (Å²) in [6, 6.07) is 7.76. The molecule has 0 bridgehead atoms. The highest BCUT2D eigenvalue weighted by atomic mass is 16.5. The van der Waals surface area contributed by atoms with E-state index in [4.69, 9.17) is 4.74 Å². The smallest absolute Gasteiger partial charge is 0.317 e. The molecule has 1 heterocycles. The molecule has 0 atom stereocenters. The Morgan fingerprint density at radius 3 is 2.48 bits per heavy atom. The number of carbonyl (C=O) groups excluding carboxylic acids is 2. The van der Waals surface area contributed by atoms with E-state index < -0.39 is 0 Å². The number of aryl methyl sites for hydroxylation is 1. The van der Waals surface area contributed by atoms with E-state index >= 15 is 0 Å². The van der Waals surface area contributed by atoms with Gasteiger partial charge < -0.3 is 20.3 Å². The molecular formula is C20H32N4O3. The first kappa shape index (κ1) is 21.0. The Kier molecular flexibility index (Phi) is 7.47. The molecule has 1 aromatic carbocycles. The number of nitrogens with zero attached hydrogens (tertiary/aromatic N) is 2. The lowest BCUT2D eigenvalue weighted by atomic mass is 10.1. The maximum absolute atomic E-state index is 12.2. The van der Waals surface area contributed by atoms with Crippen molar-refractivity contribution in [2.45, 2.75) is 33.2 Å². The number of rotatable bonds is 6.